The van der Waals surface area contributed by atoms with Crippen LogP contribution in [0.4, 0.5) is 0 Å². The SMILES string of the molecule is Cc1ccc(-c2ccc3c(c2)c2ccccc2n3-c2cc(C#N)cc(-n3c4ccccc4c4cc(-c5ccc(C)cc5C)ccc43)c2-c2nc(-c3ccccc3)nc(-c3ccccc3)n2)c(C)c1. The minimum absolute atomic E-state index is 0.489. The van der Waals surface area contributed by atoms with Crippen molar-refractivity contribution in [2.24, 2.45) is 0 Å². The fourth-order valence-corrected chi connectivity index (χ4v) is 10.3. The highest BCUT2D eigenvalue weighted by Gasteiger charge is 2.26. The van der Waals surface area contributed by atoms with Crippen molar-refractivity contribution >= 4 is 43.6 Å². The molecule has 6 heteroatoms. The Morgan fingerprint density at radius 3 is 1.22 bits per heavy atom. The highest BCUT2D eigenvalue weighted by atomic mass is 15.1. The fourth-order valence-electron chi connectivity index (χ4n) is 10.3. The van der Waals surface area contributed by atoms with Gasteiger partial charge in [-0.3, -0.25) is 0 Å². The van der Waals surface area contributed by atoms with Gasteiger partial charge in [0.15, 0.2) is 17.5 Å². The van der Waals surface area contributed by atoms with Crippen molar-refractivity contribution in [2.75, 3.05) is 0 Å². The maximum atomic E-state index is 11.1. The number of aromatic nitrogens is 5. The monoisotopic (exact) mass is 872 g/mol. The van der Waals surface area contributed by atoms with E-state index in [9.17, 15) is 5.26 Å². The van der Waals surface area contributed by atoms with E-state index in [4.69, 9.17) is 15.0 Å². The number of fused-ring (bicyclic) bond motifs is 6. The molecular formula is C62H44N6. The van der Waals surface area contributed by atoms with Crippen molar-refractivity contribution in [3.63, 3.8) is 0 Å². The molecule has 0 fully saturated rings. The number of benzene rings is 9. The normalized spacial score (nSPS) is 11.5. The largest absolute Gasteiger partial charge is 0.308 e. The summed E-state index contributed by atoms with van der Waals surface area (Å²) < 4.78 is 4.60. The molecule has 0 bridgehead atoms. The van der Waals surface area contributed by atoms with Gasteiger partial charge in [-0.25, -0.2) is 15.0 Å². The molecule has 0 spiro atoms. The molecule has 0 aliphatic carbocycles. The van der Waals surface area contributed by atoms with Gasteiger partial charge in [0, 0.05) is 32.7 Å². The van der Waals surface area contributed by atoms with Crippen LogP contribution < -0.4 is 0 Å². The van der Waals surface area contributed by atoms with Crippen LogP contribution in [0.3, 0.4) is 0 Å². The zero-order valence-electron chi connectivity index (χ0n) is 38.2. The Labute approximate surface area is 394 Å². The zero-order valence-corrected chi connectivity index (χ0v) is 38.2. The molecule has 6 nitrogen and oxygen atoms in total. The van der Waals surface area contributed by atoms with Crippen LogP contribution in [0.1, 0.15) is 27.8 Å². The van der Waals surface area contributed by atoms with Gasteiger partial charge < -0.3 is 9.13 Å². The Balaban J connectivity index is 1.22. The molecule has 12 aromatic rings. The first-order valence-electron chi connectivity index (χ1n) is 23.0. The number of hydrogen-bond donors (Lipinski definition) is 0. The number of nitriles is 1. The van der Waals surface area contributed by atoms with Crippen LogP contribution in [-0.4, -0.2) is 24.1 Å². The highest BCUT2D eigenvalue weighted by Crippen LogP contribution is 2.44. The van der Waals surface area contributed by atoms with Gasteiger partial charge in [0.05, 0.1) is 50.6 Å². The molecule has 0 atom stereocenters. The maximum Gasteiger partial charge on any atom is 0.168 e. The summed E-state index contributed by atoms with van der Waals surface area (Å²) in [7, 11) is 0. The number of hydrogen-bond acceptors (Lipinski definition) is 4. The Hall–Kier alpha value is -8.92. The first kappa shape index (κ1) is 40.6. The summed E-state index contributed by atoms with van der Waals surface area (Å²) >= 11 is 0. The second-order valence-electron chi connectivity index (χ2n) is 17.8. The van der Waals surface area contributed by atoms with Crippen LogP contribution in [0.5, 0.6) is 0 Å². The number of rotatable bonds is 7. The molecule has 0 amide bonds. The molecule has 3 aromatic heterocycles. The van der Waals surface area contributed by atoms with Crippen LogP contribution in [0.2, 0.25) is 0 Å². The molecule has 0 aliphatic heterocycles. The van der Waals surface area contributed by atoms with Gasteiger partial charge in [-0.05, 0) is 110 Å². The van der Waals surface area contributed by atoms with E-state index in [1.807, 2.05) is 72.8 Å². The van der Waals surface area contributed by atoms with Crippen molar-refractivity contribution < 1.29 is 0 Å². The minimum Gasteiger partial charge on any atom is -0.308 e. The second-order valence-corrected chi connectivity index (χ2v) is 17.8. The van der Waals surface area contributed by atoms with E-state index < -0.39 is 0 Å². The van der Waals surface area contributed by atoms with E-state index in [1.54, 1.807) is 0 Å². The summed E-state index contributed by atoms with van der Waals surface area (Å²) in [5, 5.41) is 15.5. The Bertz CT molecular complexity index is 3770. The first-order valence-corrected chi connectivity index (χ1v) is 23.0. The molecule has 0 saturated heterocycles. The number of aryl methyl sites for hydroxylation is 4. The minimum atomic E-state index is 0.489. The molecule has 0 unspecified atom stereocenters. The van der Waals surface area contributed by atoms with Gasteiger partial charge in [0.25, 0.3) is 0 Å². The lowest BCUT2D eigenvalue weighted by Crippen LogP contribution is -2.08. The highest BCUT2D eigenvalue weighted by molar-refractivity contribution is 6.13. The summed E-state index contributed by atoms with van der Waals surface area (Å²) in [5.41, 5.74) is 18.2. The summed E-state index contributed by atoms with van der Waals surface area (Å²) in [6.45, 7) is 8.63. The third-order valence-corrected chi connectivity index (χ3v) is 13.4. The predicted octanol–water partition coefficient (Wildman–Crippen LogP) is 15.5. The lowest BCUT2D eigenvalue weighted by molar-refractivity contribution is 1.05. The van der Waals surface area contributed by atoms with Crippen molar-refractivity contribution in [3.8, 4) is 73.9 Å². The van der Waals surface area contributed by atoms with E-state index in [-0.39, 0.29) is 0 Å². The summed E-state index contributed by atoms with van der Waals surface area (Å²) in [5.74, 6) is 1.59. The summed E-state index contributed by atoms with van der Waals surface area (Å²) in [6, 6.07) is 70.6. The Kier molecular flexibility index (Phi) is 9.67. The van der Waals surface area contributed by atoms with E-state index in [1.165, 1.54) is 33.4 Å². The van der Waals surface area contributed by atoms with Crippen LogP contribution in [-0.2, 0) is 0 Å². The molecule has 0 N–H and O–H groups in total. The molecule has 0 saturated carbocycles. The Morgan fingerprint density at radius 1 is 0.368 bits per heavy atom. The van der Waals surface area contributed by atoms with Crippen LogP contribution in [0, 0.1) is 39.0 Å². The lowest BCUT2D eigenvalue weighted by atomic mass is 9.97. The quantitative estimate of drug-likeness (QED) is 0.160. The fraction of sp³-hybridized carbons (Fsp3) is 0.0645. The Morgan fingerprint density at radius 2 is 0.779 bits per heavy atom. The second kappa shape index (κ2) is 16.2. The molecule has 322 valence electrons. The number of para-hydroxylation sites is 2. The van der Waals surface area contributed by atoms with E-state index in [0.29, 0.717) is 23.0 Å². The summed E-state index contributed by atoms with van der Waals surface area (Å²) in [6.07, 6.45) is 0. The van der Waals surface area contributed by atoms with Crippen molar-refractivity contribution in [1.82, 2.24) is 24.1 Å². The third-order valence-electron chi connectivity index (χ3n) is 13.4. The van der Waals surface area contributed by atoms with Crippen LogP contribution in [0.15, 0.2) is 194 Å². The van der Waals surface area contributed by atoms with Gasteiger partial charge in [-0.1, -0.05) is 157 Å². The molecule has 3 heterocycles. The van der Waals surface area contributed by atoms with Gasteiger partial charge in [0.1, 0.15) is 0 Å². The molecule has 9 aromatic carbocycles. The van der Waals surface area contributed by atoms with E-state index in [2.05, 4.69) is 164 Å². The molecule has 0 radical (unpaired) electrons. The standard InChI is InChI=1S/C62H44N6/c1-38-23-27-47(40(3)31-38)45-25-29-55-51(35-45)49-19-11-13-21-53(49)67(55)57-33-42(37-63)34-58(59(57)62-65-60(43-15-7-5-8-16-43)64-61(66-62)44-17-9-6-10-18-44)68-54-22-14-12-20-50(54)52-36-46(26-30-56(52)68)48-28-24-39(2)32-41(48)4/h5-36H,1-4H3. The molecule has 0 aliphatic rings. The van der Waals surface area contributed by atoms with Crippen molar-refractivity contribution in [1.29, 1.82) is 5.26 Å². The van der Waals surface area contributed by atoms with E-state index in [0.717, 1.165) is 82.8 Å². The smallest absolute Gasteiger partial charge is 0.168 e. The predicted molar refractivity (Wildman–Crippen MR) is 279 cm³/mol. The van der Waals surface area contributed by atoms with Gasteiger partial charge in [-0.2, -0.15) is 5.26 Å². The van der Waals surface area contributed by atoms with E-state index >= 15 is 0 Å². The van der Waals surface area contributed by atoms with Crippen molar-refractivity contribution in [2.45, 2.75) is 27.7 Å². The van der Waals surface area contributed by atoms with Crippen molar-refractivity contribution in [3.05, 3.63) is 222 Å². The van der Waals surface area contributed by atoms with Crippen LogP contribution >= 0.6 is 0 Å². The summed E-state index contributed by atoms with van der Waals surface area (Å²) in [4.78, 5) is 16.0. The maximum absolute atomic E-state index is 11.1. The first-order chi connectivity index (χ1) is 33.3. The molecular weight excluding hydrogens is 829 g/mol. The average molecular weight is 873 g/mol. The van der Waals surface area contributed by atoms with Gasteiger partial charge in [-0.15, -0.1) is 0 Å². The third kappa shape index (κ3) is 6.75. The molecule has 12 rings (SSSR count). The lowest BCUT2D eigenvalue weighted by Gasteiger charge is -2.20. The zero-order chi connectivity index (χ0) is 46.0. The van der Waals surface area contributed by atoms with Crippen LogP contribution in [0.25, 0.3) is 111 Å². The number of nitrogens with zero attached hydrogens (tertiary/aromatic N) is 6. The topological polar surface area (TPSA) is 72.3 Å². The van der Waals surface area contributed by atoms with Gasteiger partial charge in [0.2, 0.25) is 0 Å². The van der Waals surface area contributed by atoms with Gasteiger partial charge >= 0.3 is 0 Å². The average Bonchev–Trinajstić information content (AvgIpc) is 3.88. The molecule has 68 heavy (non-hydrogen) atoms.